The van der Waals surface area contributed by atoms with E-state index in [9.17, 15) is 0 Å². The summed E-state index contributed by atoms with van der Waals surface area (Å²) in [6.07, 6.45) is 5.67. The summed E-state index contributed by atoms with van der Waals surface area (Å²) in [5, 5.41) is 4.40. The molecular formula is C18H18N2S2. The van der Waals surface area contributed by atoms with E-state index in [1.807, 2.05) is 23.5 Å². The van der Waals surface area contributed by atoms with Crippen LogP contribution in [0.3, 0.4) is 0 Å². The number of anilines is 2. The molecule has 2 unspecified atom stereocenters. The lowest BCUT2D eigenvalue weighted by molar-refractivity contribution is 0.852. The van der Waals surface area contributed by atoms with Crippen LogP contribution in [0.25, 0.3) is 0 Å². The van der Waals surface area contributed by atoms with Gasteiger partial charge in [-0.05, 0) is 30.7 Å². The van der Waals surface area contributed by atoms with Crippen molar-refractivity contribution in [3.05, 3.63) is 60.7 Å². The quantitative estimate of drug-likeness (QED) is 0.794. The first-order valence-electron chi connectivity index (χ1n) is 7.49. The molecule has 0 aliphatic carbocycles. The predicted octanol–water partition coefficient (Wildman–Crippen LogP) is 5.04. The lowest BCUT2D eigenvalue weighted by Gasteiger charge is -2.20. The molecule has 112 valence electrons. The van der Waals surface area contributed by atoms with Gasteiger partial charge in [0, 0.05) is 22.5 Å². The zero-order chi connectivity index (χ0) is 14.9. The van der Waals surface area contributed by atoms with E-state index in [0.29, 0.717) is 10.7 Å². The fourth-order valence-electron chi connectivity index (χ4n) is 2.85. The highest BCUT2D eigenvalue weighted by Crippen LogP contribution is 2.43. The Kier molecular flexibility index (Phi) is 3.80. The van der Waals surface area contributed by atoms with Gasteiger partial charge in [-0.25, -0.2) is 0 Å². The van der Waals surface area contributed by atoms with Gasteiger partial charge in [0.2, 0.25) is 0 Å². The molecule has 1 N–H and O–H groups in total. The molecule has 0 saturated heterocycles. The number of rotatable bonds is 3. The van der Waals surface area contributed by atoms with Crippen molar-refractivity contribution in [2.24, 2.45) is 0 Å². The summed E-state index contributed by atoms with van der Waals surface area (Å²) in [4.78, 5) is 5.12. The van der Waals surface area contributed by atoms with E-state index in [2.05, 4.69) is 77.9 Å². The molecule has 0 saturated carbocycles. The number of para-hydroxylation sites is 2. The molecule has 0 radical (unpaired) electrons. The summed E-state index contributed by atoms with van der Waals surface area (Å²) in [6.45, 7) is 0. The number of hydrogen-bond donors (Lipinski definition) is 1. The van der Waals surface area contributed by atoms with Crippen molar-refractivity contribution in [2.75, 3.05) is 17.3 Å². The van der Waals surface area contributed by atoms with Crippen LogP contribution >= 0.6 is 23.5 Å². The number of thioether (sulfide) groups is 2. The minimum absolute atomic E-state index is 0.358. The smallest absolute Gasteiger partial charge is 0.0957 e. The Morgan fingerprint density at radius 3 is 2.64 bits per heavy atom. The first-order chi connectivity index (χ1) is 10.8. The lowest BCUT2D eigenvalue weighted by atomic mass is 10.2. The third kappa shape index (κ3) is 2.61. The number of nitrogens with zero attached hydrogens (tertiary/aromatic N) is 1. The fraction of sp³-hybridized carbons (Fsp3) is 0.222. The van der Waals surface area contributed by atoms with Crippen molar-refractivity contribution >= 4 is 34.9 Å². The minimum Gasteiger partial charge on any atom is -0.369 e. The molecule has 0 fully saturated rings. The summed E-state index contributed by atoms with van der Waals surface area (Å²) in [6, 6.07) is 17.2. The molecule has 2 aliphatic rings. The van der Waals surface area contributed by atoms with Crippen LogP contribution in [0.15, 0.2) is 70.5 Å². The molecule has 0 amide bonds. The van der Waals surface area contributed by atoms with Crippen molar-refractivity contribution in [1.82, 2.24) is 0 Å². The normalized spacial score (nSPS) is 22.7. The number of benzene rings is 2. The zero-order valence-electron chi connectivity index (χ0n) is 12.4. The highest BCUT2D eigenvalue weighted by Gasteiger charge is 2.26. The molecular weight excluding hydrogens is 308 g/mol. The van der Waals surface area contributed by atoms with Gasteiger partial charge in [-0.1, -0.05) is 59.9 Å². The van der Waals surface area contributed by atoms with Crippen LogP contribution < -0.4 is 10.2 Å². The lowest BCUT2D eigenvalue weighted by Crippen LogP contribution is -2.23. The molecule has 2 aromatic rings. The second kappa shape index (κ2) is 5.94. The Hall–Kier alpha value is -1.52. The Morgan fingerprint density at radius 2 is 1.82 bits per heavy atom. The number of nitrogens with one attached hydrogen (secondary N) is 1. The molecule has 0 bridgehead atoms. The standard InChI is InChI=1S/C18H18N2S2/c1-20-14-8-3-5-10-16(14)22-18(20)12-6-11-17-19-13-7-2-4-9-15(13)21-17/h2-11,17-19H,12H2,1H3. The maximum atomic E-state index is 3.54. The van der Waals surface area contributed by atoms with E-state index in [0.717, 1.165) is 6.42 Å². The summed E-state index contributed by atoms with van der Waals surface area (Å²) < 4.78 is 0. The topological polar surface area (TPSA) is 15.3 Å². The number of hydrogen-bond acceptors (Lipinski definition) is 4. The maximum Gasteiger partial charge on any atom is 0.0957 e. The van der Waals surface area contributed by atoms with Gasteiger partial charge in [-0.15, -0.1) is 0 Å². The van der Waals surface area contributed by atoms with Gasteiger partial charge < -0.3 is 10.2 Å². The Morgan fingerprint density at radius 1 is 1.05 bits per heavy atom. The van der Waals surface area contributed by atoms with Crippen LogP contribution in [0.1, 0.15) is 6.42 Å². The SMILES string of the molecule is CN1c2ccccc2SC1CC=CC1Nc2ccccc2S1. The Bertz CT molecular complexity index is 689. The average molecular weight is 326 g/mol. The third-order valence-electron chi connectivity index (χ3n) is 4.03. The largest absolute Gasteiger partial charge is 0.369 e. The van der Waals surface area contributed by atoms with Crippen LogP contribution in [0.2, 0.25) is 0 Å². The predicted molar refractivity (Wildman–Crippen MR) is 98.0 cm³/mol. The third-order valence-corrected chi connectivity index (χ3v) is 6.55. The molecule has 4 rings (SSSR count). The summed E-state index contributed by atoms with van der Waals surface area (Å²) >= 11 is 3.85. The first kappa shape index (κ1) is 14.1. The van der Waals surface area contributed by atoms with Crippen LogP contribution in [-0.4, -0.2) is 17.8 Å². The molecule has 0 spiro atoms. The highest BCUT2D eigenvalue weighted by molar-refractivity contribution is 8.00. The van der Waals surface area contributed by atoms with Crippen molar-refractivity contribution in [3.63, 3.8) is 0 Å². The fourth-order valence-corrected chi connectivity index (χ4v) is 5.17. The van der Waals surface area contributed by atoms with E-state index >= 15 is 0 Å². The maximum absolute atomic E-state index is 3.54. The Labute approximate surface area is 140 Å². The van der Waals surface area contributed by atoms with Gasteiger partial charge in [0.15, 0.2) is 0 Å². The second-order valence-electron chi connectivity index (χ2n) is 5.49. The zero-order valence-corrected chi connectivity index (χ0v) is 14.0. The highest BCUT2D eigenvalue weighted by atomic mass is 32.2. The summed E-state index contributed by atoms with van der Waals surface area (Å²) in [5.74, 6) is 0. The average Bonchev–Trinajstić information content (AvgIpc) is 3.09. The van der Waals surface area contributed by atoms with E-state index < -0.39 is 0 Å². The molecule has 0 aromatic heterocycles. The van der Waals surface area contributed by atoms with Gasteiger partial charge in [0.05, 0.1) is 16.4 Å². The molecule has 22 heavy (non-hydrogen) atoms. The van der Waals surface area contributed by atoms with Crippen molar-refractivity contribution in [2.45, 2.75) is 27.0 Å². The van der Waals surface area contributed by atoms with Gasteiger partial charge in [-0.2, -0.15) is 0 Å². The van der Waals surface area contributed by atoms with E-state index in [1.165, 1.54) is 21.2 Å². The minimum atomic E-state index is 0.358. The van der Waals surface area contributed by atoms with E-state index in [4.69, 9.17) is 0 Å². The van der Waals surface area contributed by atoms with Crippen LogP contribution in [0.4, 0.5) is 11.4 Å². The summed E-state index contributed by atoms with van der Waals surface area (Å²) in [7, 11) is 2.19. The molecule has 4 heteroatoms. The molecule has 2 atom stereocenters. The van der Waals surface area contributed by atoms with Gasteiger partial charge >= 0.3 is 0 Å². The van der Waals surface area contributed by atoms with Gasteiger partial charge in [0.25, 0.3) is 0 Å². The van der Waals surface area contributed by atoms with E-state index in [-0.39, 0.29) is 0 Å². The first-order valence-corrected chi connectivity index (χ1v) is 9.24. The molecule has 2 nitrogen and oxygen atoms in total. The second-order valence-corrected chi connectivity index (χ2v) is 7.90. The van der Waals surface area contributed by atoms with Crippen LogP contribution in [0, 0.1) is 0 Å². The van der Waals surface area contributed by atoms with Crippen molar-refractivity contribution < 1.29 is 0 Å². The molecule has 2 heterocycles. The van der Waals surface area contributed by atoms with Gasteiger partial charge in [-0.3, -0.25) is 0 Å². The summed E-state index contributed by atoms with van der Waals surface area (Å²) in [5.41, 5.74) is 2.61. The Balaban J connectivity index is 1.37. The van der Waals surface area contributed by atoms with Crippen molar-refractivity contribution in [1.29, 1.82) is 0 Å². The van der Waals surface area contributed by atoms with Crippen LogP contribution in [0.5, 0.6) is 0 Å². The molecule has 2 aliphatic heterocycles. The van der Waals surface area contributed by atoms with E-state index in [1.54, 1.807) is 0 Å². The van der Waals surface area contributed by atoms with Crippen molar-refractivity contribution in [3.8, 4) is 0 Å². The van der Waals surface area contributed by atoms with Gasteiger partial charge in [0.1, 0.15) is 0 Å². The number of fused-ring (bicyclic) bond motifs is 2. The van der Waals surface area contributed by atoms with Crippen LogP contribution in [-0.2, 0) is 0 Å². The monoisotopic (exact) mass is 326 g/mol. The molecule has 2 aromatic carbocycles.